The van der Waals surface area contributed by atoms with Crippen LogP contribution in [0.5, 0.6) is 0 Å². The molecule has 7 nitrogen and oxygen atoms in total. The van der Waals surface area contributed by atoms with Crippen LogP contribution in [-0.2, 0) is 11.8 Å². The number of nitrogens with zero attached hydrogens (tertiary/aromatic N) is 4. The van der Waals surface area contributed by atoms with Crippen molar-refractivity contribution in [1.82, 2.24) is 19.1 Å². The summed E-state index contributed by atoms with van der Waals surface area (Å²) in [7, 11) is 1.81. The molecular formula is C11H14N4O3S. The van der Waals surface area contributed by atoms with Crippen molar-refractivity contribution in [3.8, 4) is 0 Å². The number of aliphatic hydroxyl groups excluding tert-OH is 2. The van der Waals surface area contributed by atoms with Gasteiger partial charge < -0.3 is 19.5 Å². The van der Waals surface area contributed by atoms with Crippen molar-refractivity contribution in [1.29, 1.82) is 0 Å². The van der Waals surface area contributed by atoms with E-state index >= 15 is 0 Å². The molecule has 1 fully saturated rings. The first-order chi connectivity index (χ1) is 9.11. The lowest BCUT2D eigenvalue weighted by Gasteiger charge is -2.13. The van der Waals surface area contributed by atoms with Gasteiger partial charge >= 0.3 is 0 Å². The van der Waals surface area contributed by atoms with E-state index in [1.807, 2.05) is 7.05 Å². The number of aromatic nitrogens is 4. The van der Waals surface area contributed by atoms with Crippen LogP contribution in [0.25, 0.3) is 11.2 Å². The minimum absolute atomic E-state index is 0.209. The van der Waals surface area contributed by atoms with Crippen LogP contribution in [0.1, 0.15) is 12.6 Å². The van der Waals surface area contributed by atoms with Crippen LogP contribution in [-0.4, -0.2) is 48.1 Å². The zero-order chi connectivity index (χ0) is 13.6. The van der Waals surface area contributed by atoms with Crippen LogP contribution in [0, 0.1) is 4.64 Å². The van der Waals surface area contributed by atoms with Gasteiger partial charge in [0.15, 0.2) is 5.65 Å². The fourth-order valence-corrected chi connectivity index (χ4v) is 2.45. The Morgan fingerprint density at radius 3 is 2.95 bits per heavy atom. The van der Waals surface area contributed by atoms with Crippen molar-refractivity contribution >= 4 is 23.4 Å². The van der Waals surface area contributed by atoms with E-state index in [0.29, 0.717) is 22.2 Å². The van der Waals surface area contributed by atoms with E-state index in [2.05, 4.69) is 9.97 Å². The maximum absolute atomic E-state index is 9.77. The van der Waals surface area contributed by atoms with Crippen molar-refractivity contribution in [2.45, 2.75) is 24.9 Å². The van der Waals surface area contributed by atoms with Crippen LogP contribution in [0.15, 0.2) is 12.7 Å². The molecule has 1 aliphatic heterocycles. The maximum Gasteiger partial charge on any atom is 0.166 e. The van der Waals surface area contributed by atoms with Gasteiger partial charge in [-0.1, -0.05) is 12.2 Å². The summed E-state index contributed by atoms with van der Waals surface area (Å²) in [5, 5.41) is 18.9. The van der Waals surface area contributed by atoms with E-state index in [1.165, 1.54) is 0 Å². The normalized spacial score (nSPS) is 27.2. The third-order valence-corrected chi connectivity index (χ3v) is 3.82. The Morgan fingerprint density at radius 1 is 1.47 bits per heavy atom. The molecule has 0 bridgehead atoms. The lowest BCUT2D eigenvalue weighted by Crippen LogP contribution is -2.24. The fraction of sp³-hybridized carbons (Fsp3) is 0.545. The Hall–Kier alpha value is -1.35. The third kappa shape index (κ3) is 1.96. The summed E-state index contributed by atoms with van der Waals surface area (Å²) < 4.78 is 9.64. The molecule has 0 spiro atoms. The predicted molar refractivity (Wildman–Crippen MR) is 69.0 cm³/mol. The number of rotatable bonds is 2. The van der Waals surface area contributed by atoms with Crippen molar-refractivity contribution in [3.63, 3.8) is 0 Å². The number of aryl methyl sites for hydroxylation is 1. The molecule has 19 heavy (non-hydrogen) atoms. The van der Waals surface area contributed by atoms with E-state index in [0.717, 1.165) is 0 Å². The summed E-state index contributed by atoms with van der Waals surface area (Å²) in [5.74, 6) is 0. The van der Waals surface area contributed by atoms with Gasteiger partial charge in [-0.05, 0) is 0 Å². The molecule has 2 aromatic rings. The van der Waals surface area contributed by atoms with E-state index in [9.17, 15) is 5.11 Å². The Kier molecular flexibility index (Phi) is 3.09. The van der Waals surface area contributed by atoms with Gasteiger partial charge in [0.1, 0.15) is 22.5 Å². The minimum atomic E-state index is -0.685. The number of fused-ring (bicyclic) bond motifs is 1. The van der Waals surface area contributed by atoms with Gasteiger partial charge in [-0.25, -0.2) is 9.97 Å². The van der Waals surface area contributed by atoms with E-state index in [1.54, 1.807) is 21.8 Å². The SMILES string of the molecule is Cn1cnc2c(ncn2[C@H]2C[C@H](O)[C@@H](CO)O2)c1=S. The monoisotopic (exact) mass is 282 g/mol. The molecule has 3 heterocycles. The molecule has 1 aliphatic rings. The van der Waals surface area contributed by atoms with Crippen LogP contribution in [0.3, 0.4) is 0 Å². The molecule has 0 radical (unpaired) electrons. The molecule has 0 saturated carbocycles. The minimum Gasteiger partial charge on any atom is -0.394 e. The molecular weight excluding hydrogens is 268 g/mol. The van der Waals surface area contributed by atoms with E-state index < -0.39 is 12.2 Å². The highest BCUT2D eigenvalue weighted by molar-refractivity contribution is 7.71. The number of hydrogen-bond donors (Lipinski definition) is 2. The van der Waals surface area contributed by atoms with Gasteiger partial charge in [0.05, 0.1) is 25.4 Å². The second-order valence-electron chi connectivity index (χ2n) is 4.60. The van der Waals surface area contributed by atoms with Crippen molar-refractivity contribution in [2.24, 2.45) is 7.05 Å². The highest BCUT2D eigenvalue weighted by Gasteiger charge is 2.35. The Bertz CT molecular complexity index is 667. The number of aliphatic hydroxyl groups is 2. The first-order valence-electron chi connectivity index (χ1n) is 5.94. The Labute approximate surface area is 114 Å². The van der Waals surface area contributed by atoms with Crippen molar-refractivity contribution in [3.05, 3.63) is 17.3 Å². The highest BCUT2D eigenvalue weighted by Crippen LogP contribution is 2.30. The third-order valence-electron chi connectivity index (χ3n) is 3.34. The zero-order valence-corrected chi connectivity index (χ0v) is 11.1. The standard InChI is InChI=1S/C11H14N4O3S/c1-14-4-13-10-9(11(14)19)12-5-15(10)8-2-6(17)7(3-16)18-8/h4-8,16-17H,2-3H2,1H3/t6-,7+,8+/m0/s1. The number of imidazole rings is 1. The topological polar surface area (TPSA) is 85.3 Å². The van der Waals surface area contributed by atoms with Gasteiger partial charge in [-0.3, -0.25) is 4.57 Å². The molecule has 102 valence electrons. The summed E-state index contributed by atoms with van der Waals surface area (Å²) in [6.07, 6.45) is 1.99. The first-order valence-corrected chi connectivity index (χ1v) is 6.35. The Morgan fingerprint density at radius 2 is 2.26 bits per heavy atom. The van der Waals surface area contributed by atoms with Gasteiger partial charge in [0.25, 0.3) is 0 Å². The average Bonchev–Trinajstić information content (AvgIpc) is 2.97. The van der Waals surface area contributed by atoms with Gasteiger partial charge in [0, 0.05) is 13.5 Å². The number of hydrogen-bond acceptors (Lipinski definition) is 6. The van der Waals surface area contributed by atoms with E-state index in [-0.39, 0.29) is 12.8 Å². The Balaban J connectivity index is 2.03. The molecule has 2 N–H and O–H groups in total. The van der Waals surface area contributed by atoms with Gasteiger partial charge in [-0.15, -0.1) is 0 Å². The van der Waals surface area contributed by atoms with Gasteiger partial charge in [-0.2, -0.15) is 0 Å². The molecule has 0 aromatic carbocycles. The smallest absolute Gasteiger partial charge is 0.166 e. The number of ether oxygens (including phenoxy) is 1. The maximum atomic E-state index is 9.77. The lowest BCUT2D eigenvalue weighted by molar-refractivity contribution is -0.0432. The molecule has 3 atom stereocenters. The molecule has 8 heteroatoms. The summed E-state index contributed by atoms with van der Waals surface area (Å²) in [6, 6.07) is 0. The van der Waals surface area contributed by atoms with Crippen LogP contribution < -0.4 is 0 Å². The molecule has 0 amide bonds. The molecule has 3 rings (SSSR count). The van der Waals surface area contributed by atoms with Gasteiger partial charge in [0.2, 0.25) is 0 Å². The predicted octanol–water partition coefficient (Wildman–Crippen LogP) is 0.140. The molecule has 1 saturated heterocycles. The second-order valence-corrected chi connectivity index (χ2v) is 4.99. The lowest BCUT2D eigenvalue weighted by atomic mass is 10.2. The quantitative estimate of drug-likeness (QED) is 0.762. The summed E-state index contributed by atoms with van der Waals surface area (Å²) in [5.41, 5.74) is 1.25. The molecule has 0 aliphatic carbocycles. The van der Waals surface area contributed by atoms with Crippen molar-refractivity contribution in [2.75, 3.05) is 6.61 Å². The average molecular weight is 282 g/mol. The van der Waals surface area contributed by atoms with Crippen LogP contribution >= 0.6 is 12.2 Å². The van der Waals surface area contributed by atoms with Crippen LogP contribution in [0.2, 0.25) is 0 Å². The summed E-state index contributed by atoms with van der Waals surface area (Å²) in [6.45, 7) is -0.209. The zero-order valence-electron chi connectivity index (χ0n) is 10.3. The largest absolute Gasteiger partial charge is 0.394 e. The summed E-state index contributed by atoms with van der Waals surface area (Å²) >= 11 is 5.27. The molecule has 0 unspecified atom stereocenters. The summed E-state index contributed by atoms with van der Waals surface area (Å²) in [4.78, 5) is 8.55. The second kappa shape index (κ2) is 4.64. The van der Waals surface area contributed by atoms with Crippen molar-refractivity contribution < 1.29 is 14.9 Å². The van der Waals surface area contributed by atoms with Crippen LogP contribution in [0.4, 0.5) is 0 Å². The fourth-order valence-electron chi connectivity index (χ4n) is 2.26. The molecule has 2 aromatic heterocycles. The van der Waals surface area contributed by atoms with E-state index in [4.69, 9.17) is 22.1 Å². The highest BCUT2D eigenvalue weighted by atomic mass is 32.1. The first kappa shape index (κ1) is 12.7.